The van der Waals surface area contributed by atoms with Crippen LogP contribution in [-0.4, -0.2) is 40.4 Å². The molecular weight excluding hydrogens is 492 g/mol. The predicted octanol–water partition coefficient (Wildman–Crippen LogP) is 6.48. The lowest BCUT2D eigenvalue weighted by Crippen LogP contribution is -1.97. The summed E-state index contributed by atoms with van der Waals surface area (Å²) in [4.78, 5) is 13.2. The van der Waals surface area contributed by atoms with Gasteiger partial charge >= 0.3 is 0 Å². The van der Waals surface area contributed by atoms with Crippen molar-refractivity contribution >= 4 is 32.5 Å². The Labute approximate surface area is 215 Å². The van der Waals surface area contributed by atoms with Gasteiger partial charge in [-0.1, -0.05) is 48.0 Å². The van der Waals surface area contributed by atoms with Crippen LogP contribution in [0.15, 0.2) is 79.1 Å². The first-order valence-corrected chi connectivity index (χ1v) is 14.4. The predicted molar refractivity (Wildman–Crippen MR) is 147 cm³/mol. The van der Waals surface area contributed by atoms with Crippen LogP contribution in [0.3, 0.4) is 0 Å². The van der Waals surface area contributed by atoms with Gasteiger partial charge in [-0.25, -0.2) is 18.4 Å². The fourth-order valence-electron chi connectivity index (χ4n) is 4.07. The van der Waals surface area contributed by atoms with Crippen LogP contribution in [-0.2, 0) is 16.4 Å². The molecule has 1 N–H and O–H groups in total. The van der Waals surface area contributed by atoms with Crippen LogP contribution < -0.4 is 0 Å². The molecular formula is C28H27ClN4O2S. The number of aromatic amines is 1. The van der Waals surface area contributed by atoms with E-state index in [2.05, 4.69) is 57.0 Å². The van der Waals surface area contributed by atoms with E-state index in [4.69, 9.17) is 16.6 Å². The van der Waals surface area contributed by atoms with E-state index in [-0.39, 0.29) is 0 Å². The molecule has 1 aliphatic carbocycles. The fourth-order valence-corrected chi connectivity index (χ4v) is 4.19. The molecule has 0 spiro atoms. The molecule has 1 saturated carbocycles. The van der Waals surface area contributed by atoms with Crippen molar-refractivity contribution in [1.82, 2.24) is 19.5 Å². The van der Waals surface area contributed by atoms with Crippen molar-refractivity contribution < 1.29 is 8.42 Å². The Morgan fingerprint density at radius 3 is 2.28 bits per heavy atom. The van der Waals surface area contributed by atoms with Gasteiger partial charge in [0.15, 0.2) is 0 Å². The van der Waals surface area contributed by atoms with Crippen LogP contribution in [0.1, 0.15) is 12.8 Å². The minimum atomic E-state index is -2.67. The number of imidazole rings is 2. The van der Waals surface area contributed by atoms with E-state index < -0.39 is 9.84 Å². The number of hydrogen-bond acceptors (Lipinski definition) is 4. The van der Waals surface area contributed by atoms with Crippen molar-refractivity contribution in [2.45, 2.75) is 19.4 Å². The Balaban J connectivity index is 0.000000489. The molecule has 0 amide bonds. The van der Waals surface area contributed by atoms with Gasteiger partial charge in [-0.2, -0.15) is 0 Å². The van der Waals surface area contributed by atoms with Crippen LogP contribution in [0.2, 0.25) is 5.02 Å². The van der Waals surface area contributed by atoms with E-state index in [9.17, 15) is 8.42 Å². The Morgan fingerprint density at radius 2 is 1.61 bits per heavy atom. The summed E-state index contributed by atoms with van der Waals surface area (Å²) in [5.41, 5.74) is 7.35. The number of sulfone groups is 1. The third-order valence-electron chi connectivity index (χ3n) is 5.93. The Bertz CT molecular complexity index is 1590. The highest BCUT2D eigenvalue weighted by molar-refractivity contribution is 7.89. The van der Waals surface area contributed by atoms with Crippen LogP contribution in [0.25, 0.3) is 44.9 Å². The third-order valence-corrected chi connectivity index (χ3v) is 6.18. The number of rotatable bonds is 5. The number of nitrogens with one attached hydrogen (secondary N) is 1. The zero-order chi connectivity index (χ0) is 25.3. The Hall–Kier alpha value is -3.42. The minimum Gasteiger partial charge on any atom is -0.337 e. The summed E-state index contributed by atoms with van der Waals surface area (Å²) < 4.78 is 21.5. The zero-order valence-electron chi connectivity index (χ0n) is 20.1. The molecule has 3 aromatic carbocycles. The van der Waals surface area contributed by atoms with Crippen molar-refractivity contribution in [3.8, 4) is 33.9 Å². The molecule has 6 rings (SSSR count). The van der Waals surface area contributed by atoms with E-state index in [1.165, 1.54) is 18.4 Å². The first-order chi connectivity index (χ1) is 17.2. The molecule has 36 heavy (non-hydrogen) atoms. The number of nitrogens with zero attached hydrogens (tertiary/aromatic N) is 3. The second-order valence-electron chi connectivity index (χ2n) is 9.37. The van der Waals surface area contributed by atoms with Crippen molar-refractivity contribution in [3.63, 3.8) is 0 Å². The highest BCUT2D eigenvalue weighted by Crippen LogP contribution is 2.36. The van der Waals surface area contributed by atoms with E-state index in [0.29, 0.717) is 5.02 Å². The maximum absolute atomic E-state index is 9.63. The molecule has 5 aromatic rings. The molecule has 0 aliphatic heterocycles. The topological polar surface area (TPSA) is 80.6 Å². The van der Waals surface area contributed by atoms with Crippen molar-refractivity contribution in [2.75, 3.05) is 12.5 Å². The number of fused-ring (bicyclic) bond motifs is 1. The number of H-pyrrole nitrogens is 1. The van der Waals surface area contributed by atoms with E-state index in [1.807, 2.05) is 36.7 Å². The van der Waals surface area contributed by atoms with Gasteiger partial charge in [0.1, 0.15) is 15.7 Å². The van der Waals surface area contributed by atoms with Crippen molar-refractivity contribution in [2.24, 2.45) is 5.92 Å². The molecule has 0 bridgehead atoms. The van der Waals surface area contributed by atoms with Crippen molar-refractivity contribution in [1.29, 1.82) is 0 Å². The van der Waals surface area contributed by atoms with Crippen LogP contribution >= 0.6 is 11.6 Å². The molecule has 1 aliphatic rings. The second kappa shape index (κ2) is 9.91. The number of halogens is 1. The van der Waals surface area contributed by atoms with E-state index >= 15 is 0 Å². The van der Waals surface area contributed by atoms with E-state index in [0.717, 1.165) is 64.4 Å². The highest BCUT2D eigenvalue weighted by Gasteiger charge is 2.23. The van der Waals surface area contributed by atoms with E-state index in [1.54, 1.807) is 0 Å². The molecule has 2 heterocycles. The second-order valence-corrected chi connectivity index (χ2v) is 12.1. The molecule has 0 atom stereocenters. The lowest BCUT2D eigenvalue weighted by molar-refractivity contribution is 0.607. The molecule has 0 unspecified atom stereocenters. The van der Waals surface area contributed by atoms with Crippen LogP contribution in [0, 0.1) is 5.92 Å². The standard InChI is InChI=1S/C26H21ClN4.C2H6O2S/c27-21-11-8-19(9-12-21)26-29-24(18-4-2-1-3-5-18)25(30-26)20-10-13-22-23(14-20)31(16-28-22)15-17-6-7-17;1-5(2,3)4/h1-5,8-14,16-17H,6-7,15H2,(H,29,30);1-2H3. The number of hydrogen-bond donors (Lipinski definition) is 1. The highest BCUT2D eigenvalue weighted by atomic mass is 35.5. The Kier molecular flexibility index (Phi) is 6.69. The maximum Gasteiger partial charge on any atom is 0.144 e. The summed E-state index contributed by atoms with van der Waals surface area (Å²) in [6.07, 6.45) is 6.93. The van der Waals surface area contributed by atoms with Gasteiger partial charge in [-0.3, -0.25) is 0 Å². The summed E-state index contributed by atoms with van der Waals surface area (Å²) in [7, 11) is -2.67. The minimum absolute atomic E-state index is 0.716. The number of benzene rings is 3. The average Bonchev–Trinajstić information content (AvgIpc) is 3.41. The summed E-state index contributed by atoms with van der Waals surface area (Å²) in [6.45, 7) is 1.04. The maximum atomic E-state index is 9.63. The lowest BCUT2D eigenvalue weighted by Gasteiger charge is -2.06. The fraction of sp³-hybridized carbons (Fsp3) is 0.214. The SMILES string of the molecule is CS(C)(=O)=O.Clc1ccc(-c2nc(-c3ccc4ncn(CC5CC5)c4c3)c(-c3ccccc3)[nH]2)cc1. The molecule has 1 fully saturated rings. The quantitative estimate of drug-likeness (QED) is 0.288. The smallest absolute Gasteiger partial charge is 0.144 e. The van der Waals surface area contributed by atoms with Gasteiger partial charge in [0.25, 0.3) is 0 Å². The molecule has 0 saturated heterocycles. The van der Waals surface area contributed by atoms with Crippen molar-refractivity contribution in [3.05, 3.63) is 84.1 Å². The van der Waals surface area contributed by atoms with Gasteiger partial charge in [-0.05, 0) is 55.2 Å². The van der Waals surface area contributed by atoms with Gasteiger partial charge in [0, 0.05) is 40.8 Å². The summed E-state index contributed by atoms with van der Waals surface area (Å²) >= 11 is 6.09. The van der Waals surface area contributed by atoms with Crippen LogP contribution in [0.4, 0.5) is 0 Å². The molecule has 2 aromatic heterocycles. The molecule has 184 valence electrons. The van der Waals surface area contributed by atoms with Gasteiger partial charge in [-0.15, -0.1) is 0 Å². The first kappa shape index (κ1) is 24.3. The number of aromatic nitrogens is 4. The van der Waals surface area contributed by atoms with Crippen LogP contribution in [0.5, 0.6) is 0 Å². The van der Waals surface area contributed by atoms with Gasteiger partial charge < -0.3 is 9.55 Å². The summed E-state index contributed by atoms with van der Waals surface area (Å²) in [5.74, 6) is 1.62. The monoisotopic (exact) mass is 518 g/mol. The lowest BCUT2D eigenvalue weighted by atomic mass is 10.0. The summed E-state index contributed by atoms with van der Waals surface area (Å²) in [6, 6.07) is 24.6. The first-order valence-electron chi connectivity index (χ1n) is 11.8. The molecule has 6 nitrogen and oxygen atoms in total. The largest absolute Gasteiger partial charge is 0.337 e. The molecule has 0 radical (unpaired) electrons. The zero-order valence-corrected chi connectivity index (χ0v) is 21.7. The average molecular weight is 519 g/mol. The summed E-state index contributed by atoms with van der Waals surface area (Å²) in [5, 5.41) is 0.716. The molecule has 8 heteroatoms. The van der Waals surface area contributed by atoms with Gasteiger partial charge in [0.2, 0.25) is 0 Å². The van der Waals surface area contributed by atoms with Gasteiger partial charge in [0.05, 0.1) is 28.7 Å². The third kappa shape index (κ3) is 5.86. The Morgan fingerprint density at radius 1 is 0.944 bits per heavy atom. The normalized spacial score (nSPS) is 13.4.